The molecule has 5 nitrogen and oxygen atoms in total. The SMILES string of the molecule is COC(=C\CC(/C=C(\C)CCOCc1ccccc1)O[Si](C)(C)C(C)(C)C)/C=C(\C)C#C/C(C)=C/C(OC)=C(\C)CCO[Si](C)(C)C(C)(C)C. The predicted octanol–water partition coefficient (Wildman–Crippen LogP) is 12.1. The molecule has 1 aromatic rings. The molecule has 0 radical (unpaired) electrons. The summed E-state index contributed by atoms with van der Waals surface area (Å²) in [5.41, 5.74) is 5.45. The predicted molar refractivity (Wildman–Crippen MR) is 219 cm³/mol. The molecule has 280 valence electrons. The van der Waals surface area contributed by atoms with Crippen LogP contribution >= 0.6 is 0 Å². The van der Waals surface area contributed by atoms with Crippen molar-refractivity contribution in [1.82, 2.24) is 0 Å². The Morgan fingerprint density at radius 1 is 0.760 bits per heavy atom. The molecular weight excluding hydrogens is 653 g/mol. The van der Waals surface area contributed by atoms with Gasteiger partial charge in [0.05, 0.1) is 33.5 Å². The van der Waals surface area contributed by atoms with Crippen LogP contribution < -0.4 is 0 Å². The highest BCUT2D eigenvalue weighted by molar-refractivity contribution is 6.74. The van der Waals surface area contributed by atoms with Crippen LogP contribution in [0, 0.1) is 11.8 Å². The van der Waals surface area contributed by atoms with Crippen LogP contribution in [-0.2, 0) is 29.7 Å². The highest BCUT2D eigenvalue weighted by Gasteiger charge is 2.39. The van der Waals surface area contributed by atoms with E-state index in [9.17, 15) is 0 Å². The number of ether oxygens (including phenoxy) is 3. The molecule has 1 aromatic carbocycles. The quantitative estimate of drug-likeness (QED) is 0.0377. The van der Waals surface area contributed by atoms with Crippen LogP contribution in [0.1, 0.15) is 94.1 Å². The molecule has 0 amide bonds. The summed E-state index contributed by atoms with van der Waals surface area (Å²) in [5.74, 6) is 8.19. The van der Waals surface area contributed by atoms with Crippen LogP contribution in [-0.4, -0.2) is 50.2 Å². The first-order valence-corrected chi connectivity index (χ1v) is 23.9. The summed E-state index contributed by atoms with van der Waals surface area (Å²) in [6.07, 6.45) is 10.7. The molecule has 1 unspecified atom stereocenters. The lowest BCUT2D eigenvalue weighted by Gasteiger charge is -2.38. The highest BCUT2D eigenvalue weighted by atomic mass is 28.4. The van der Waals surface area contributed by atoms with E-state index in [4.69, 9.17) is 23.1 Å². The Bertz CT molecular complexity index is 1400. The van der Waals surface area contributed by atoms with Crippen LogP contribution in [0.5, 0.6) is 0 Å². The molecule has 0 saturated heterocycles. The average molecular weight is 723 g/mol. The minimum absolute atomic E-state index is 0.0603. The van der Waals surface area contributed by atoms with E-state index in [1.54, 1.807) is 14.2 Å². The van der Waals surface area contributed by atoms with Gasteiger partial charge in [-0.15, -0.1) is 0 Å². The van der Waals surface area contributed by atoms with Gasteiger partial charge >= 0.3 is 0 Å². The molecule has 0 heterocycles. The number of benzene rings is 1. The van der Waals surface area contributed by atoms with Crippen LogP contribution in [0.15, 0.2) is 88.4 Å². The van der Waals surface area contributed by atoms with E-state index < -0.39 is 16.6 Å². The van der Waals surface area contributed by atoms with Crippen molar-refractivity contribution in [2.45, 2.75) is 137 Å². The molecule has 0 saturated carbocycles. The summed E-state index contributed by atoms with van der Waals surface area (Å²) in [7, 11) is -0.378. The molecule has 0 aromatic heterocycles. The van der Waals surface area contributed by atoms with Gasteiger partial charge in [-0.25, -0.2) is 0 Å². The normalized spacial score (nSPS) is 15.3. The molecule has 0 spiro atoms. The topological polar surface area (TPSA) is 46.2 Å². The second-order valence-corrected chi connectivity index (χ2v) is 25.9. The van der Waals surface area contributed by atoms with Crippen molar-refractivity contribution in [2.24, 2.45) is 0 Å². The van der Waals surface area contributed by atoms with Crippen LogP contribution in [0.2, 0.25) is 36.3 Å². The number of rotatable bonds is 18. The Balaban J connectivity index is 3.06. The minimum Gasteiger partial charge on any atom is -0.497 e. The molecule has 1 atom stereocenters. The van der Waals surface area contributed by atoms with Gasteiger partial charge in [-0.05, 0) is 113 Å². The van der Waals surface area contributed by atoms with Gasteiger partial charge in [0, 0.05) is 17.8 Å². The first kappa shape index (κ1) is 45.4. The summed E-state index contributed by atoms with van der Waals surface area (Å²) in [6, 6.07) is 10.3. The van der Waals surface area contributed by atoms with Gasteiger partial charge in [0.1, 0.15) is 11.5 Å². The van der Waals surface area contributed by atoms with Gasteiger partial charge in [-0.2, -0.15) is 0 Å². The van der Waals surface area contributed by atoms with E-state index in [-0.39, 0.29) is 16.2 Å². The molecule has 0 fully saturated rings. The average Bonchev–Trinajstić information content (AvgIpc) is 3.01. The summed E-state index contributed by atoms with van der Waals surface area (Å²) in [5, 5.41) is 0.297. The molecule has 0 aliphatic rings. The lowest BCUT2D eigenvalue weighted by molar-refractivity contribution is 0.123. The van der Waals surface area contributed by atoms with E-state index in [0.29, 0.717) is 26.2 Å². The number of methoxy groups -OCH3 is 2. The zero-order valence-corrected chi connectivity index (χ0v) is 36.6. The molecule has 50 heavy (non-hydrogen) atoms. The monoisotopic (exact) mass is 722 g/mol. The van der Waals surface area contributed by atoms with Crippen molar-refractivity contribution in [3.8, 4) is 11.8 Å². The molecule has 7 heteroatoms. The standard InChI is InChI=1S/C43H70O5Si2/c1-34(22-23-35(2)32-41(45-12)37(4)27-29-47-49(13,14)42(5,6)7)30-39(44-11)24-25-40(48-50(15,16)43(8,9)10)31-36(3)26-28-46-33-38-20-18-17-19-21-38/h17-21,24,30-32,40H,25-29,33H2,1-16H3/b34-30+,35-32+,36-31+,39-24-,41-37-. The second kappa shape index (κ2) is 21.0. The Kier molecular flexibility index (Phi) is 19.1. The van der Waals surface area contributed by atoms with Crippen molar-refractivity contribution >= 4 is 16.6 Å². The fourth-order valence-electron chi connectivity index (χ4n) is 4.37. The minimum atomic E-state index is -2.01. The maximum absolute atomic E-state index is 6.89. The third kappa shape index (κ3) is 17.1. The maximum atomic E-state index is 6.89. The first-order chi connectivity index (χ1) is 23.1. The Labute approximate surface area is 309 Å². The molecule has 1 rings (SSSR count). The largest absolute Gasteiger partial charge is 0.497 e. The molecular formula is C43H70O5Si2. The zero-order chi connectivity index (χ0) is 38.2. The van der Waals surface area contributed by atoms with Crippen molar-refractivity contribution in [3.05, 3.63) is 94.0 Å². The highest BCUT2D eigenvalue weighted by Crippen LogP contribution is 2.38. The van der Waals surface area contributed by atoms with Crippen molar-refractivity contribution in [3.63, 3.8) is 0 Å². The molecule has 0 N–H and O–H groups in total. The van der Waals surface area contributed by atoms with Gasteiger partial charge in [-0.3, -0.25) is 0 Å². The van der Waals surface area contributed by atoms with Crippen LogP contribution in [0.25, 0.3) is 0 Å². The summed E-state index contributed by atoms with van der Waals surface area (Å²) >= 11 is 0. The molecule has 0 bridgehead atoms. The Morgan fingerprint density at radius 3 is 1.88 bits per heavy atom. The van der Waals surface area contributed by atoms with E-state index in [1.807, 2.05) is 44.2 Å². The van der Waals surface area contributed by atoms with E-state index in [2.05, 4.69) is 118 Å². The van der Waals surface area contributed by atoms with E-state index in [0.717, 1.165) is 41.1 Å². The third-order valence-electron chi connectivity index (χ3n) is 9.81. The maximum Gasteiger partial charge on any atom is 0.192 e. The van der Waals surface area contributed by atoms with Crippen LogP contribution in [0.4, 0.5) is 0 Å². The molecule has 0 aliphatic heterocycles. The summed E-state index contributed by atoms with van der Waals surface area (Å²) in [6.45, 7) is 33.1. The summed E-state index contributed by atoms with van der Waals surface area (Å²) in [4.78, 5) is 0. The lowest BCUT2D eigenvalue weighted by Crippen LogP contribution is -2.43. The number of allylic oxidation sites excluding steroid dienone is 4. The van der Waals surface area contributed by atoms with Gasteiger partial charge in [0.2, 0.25) is 0 Å². The smallest absolute Gasteiger partial charge is 0.192 e. The number of hydrogen-bond acceptors (Lipinski definition) is 5. The van der Waals surface area contributed by atoms with Crippen molar-refractivity contribution in [2.75, 3.05) is 27.4 Å². The fraction of sp³-hybridized carbons (Fsp3) is 0.581. The number of hydrogen-bond donors (Lipinski definition) is 0. The lowest BCUT2D eigenvalue weighted by atomic mass is 10.1. The second-order valence-electron chi connectivity index (χ2n) is 16.4. The van der Waals surface area contributed by atoms with E-state index in [1.165, 1.54) is 11.1 Å². The van der Waals surface area contributed by atoms with Gasteiger partial charge < -0.3 is 23.1 Å². The first-order valence-electron chi connectivity index (χ1n) is 18.1. The zero-order valence-electron chi connectivity index (χ0n) is 34.6. The third-order valence-corrected chi connectivity index (χ3v) is 18.9. The van der Waals surface area contributed by atoms with E-state index >= 15 is 0 Å². The fourth-order valence-corrected chi connectivity index (χ4v) is 6.69. The Morgan fingerprint density at radius 2 is 1.34 bits per heavy atom. The van der Waals surface area contributed by atoms with Crippen molar-refractivity contribution in [1.29, 1.82) is 0 Å². The Hall–Kier alpha value is -2.61. The molecule has 0 aliphatic carbocycles. The van der Waals surface area contributed by atoms with Gasteiger partial charge in [-0.1, -0.05) is 95.4 Å². The van der Waals surface area contributed by atoms with Gasteiger partial charge in [0.25, 0.3) is 0 Å². The summed E-state index contributed by atoms with van der Waals surface area (Å²) < 4.78 is 30.7. The van der Waals surface area contributed by atoms with Crippen molar-refractivity contribution < 1.29 is 23.1 Å². The van der Waals surface area contributed by atoms with Gasteiger partial charge in [0.15, 0.2) is 16.6 Å². The van der Waals surface area contributed by atoms with Crippen LogP contribution in [0.3, 0.4) is 0 Å².